The third kappa shape index (κ3) is 5.36. The van der Waals surface area contributed by atoms with Crippen LogP contribution in [0.3, 0.4) is 0 Å². The summed E-state index contributed by atoms with van der Waals surface area (Å²) in [5.74, 6) is 0.527. The van der Waals surface area contributed by atoms with Crippen LogP contribution in [-0.4, -0.2) is 24.5 Å². The molecule has 1 aromatic rings. The number of carbonyl (C=O) groups is 1. The van der Waals surface area contributed by atoms with E-state index in [9.17, 15) is 18.0 Å². The van der Waals surface area contributed by atoms with Crippen molar-refractivity contribution in [3.05, 3.63) is 33.8 Å². The number of rotatable bonds is 6. The summed E-state index contributed by atoms with van der Waals surface area (Å²) in [6.07, 6.45) is -0.697. The molecule has 0 saturated heterocycles. The highest BCUT2D eigenvalue weighted by Gasteiger charge is 2.33. The summed E-state index contributed by atoms with van der Waals surface area (Å²) in [6.45, 7) is 0.469. The second-order valence-corrected chi connectivity index (χ2v) is 5.99. The van der Waals surface area contributed by atoms with Crippen molar-refractivity contribution in [3.8, 4) is 0 Å². The van der Waals surface area contributed by atoms with Crippen LogP contribution in [0.4, 0.5) is 13.2 Å². The monoisotopic (exact) mass is 369 g/mol. The minimum Gasteiger partial charge on any atom is -0.352 e. The van der Waals surface area contributed by atoms with Crippen molar-refractivity contribution < 1.29 is 18.0 Å². The van der Waals surface area contributed by atoms with E-state index in [0.29, 0.717) is 6.54 Å². The van der Waals surface area contributed by atoms with Crippen molar-refractivity contribution >= 4 is 33.6 Å². The van der Waals surface area contributed by atoms with E-state index in [4.69, 9.17) is 0 Å². The lowest BCUT2D eigenvalue weighted by atomic mass is 10.1. The molecule has 0 aliphatic carbocycles. The Labute approximate surface area is 128 Å². The molecule has 0 aliphatic heterocycles. The number of carbonyl (C=O) groups excluding carboxylic acids is 1. The molecule has 0 spiro atoms. The molecule has 1 rings (SSSR count). The largest absolute Gasteiger partial charge is 0.417 e. The van der Waals surface area contributed by atoms with Gasteiger partial charge in [0.05, 0.1) is 5.56 Å². The van der Waals surface area contributed by atoms with Gasteiger partial charge < -0.3 is 5.32 Å². The highest BCUT2D eigenvalue weighted by Crippen LogP contribution is 2.35. The maximum Gasteiger partial charge on any atom is 0.417 e. The Morgan fingerprint density at radius 2 is 2.05 bits per heavy atom. The van der Waals surface area contributed by atoms with Crippen LogP contribution in [0.5, 0.6) is 0 Å². The van der Waals surface area contributed by atoms with Crippen LogP contribution >= 0.6 is 27.7 Å². The predicted octanol–water partition coefficient (Wildman–Crippen LogP) is 4.34. The second kappa shape index (κ2) is 7.93. The van der Waals surface area contributed by atoms with Gasteiger partial charge >= 0.3 is 6.18 Å². The molecule has 0 radical (unpaired) electrons. The smallest absolute Gasteiger partial charge is 0.352 e. The molecule has 2 nitrogen and oxygen atoms in total. The standard InChI is InChI=1S/C13H15BrF3NOS/c1-20-7-3-2-6-18-12(19)9-4-5-11(14)10(8-9)13(15,16)17/h4-5,8H,2-3,6-7H2,1H3,(H,18,19). The zero-order valence-electron chi connectivity index (χ0n) is 10.9. The van der Waals surface area contributed by atoms with E-state index in [1.165, 1.54) is 12.1 Å². The Morgan fingerprint density at radius 1 is 1.35 bits per heavy atom. The topological polar surface area (TPSA) is 29.1 Å². The molecule has 0 aliphatic rings. The van der Waals surface area contributed by atoms with E-state index in [0.717, 1.165) is 24.7 Å². The number of nitrogens with one attached hydrogen (secondary N) is 1. The van der Waals surface area contributed by atoms with Gasteiger partial charge in [-0.15, -0.1) is 0 Å². The number of unbranched alkanes of at least 4 members (excludes halogenated alkanes) is 1. The number of hydrogen-bond donors (Lipinski definition) is 1. The molecule has 7 heteroatoms. The Kier molecular flexibility index (Phi) is 6.88. The van der Waals surface area contributed by atoms with E-state index >= 15 is 0 Å². The lowest BCUT2D eigenvalue weighted by Gasteiger charge is -2.11. The molecular weight excluding hydrogens is 355 g/mol. The van der Waals surface area contributed by atoms with Gasteiger partial charge in [0, 0.05) is 16.6 Å². The molecule has 0 aromatic heterocycles. The average Bonchev–Trinajstić information content (AvgIpc) is 2.37. The van der Waals surface area contributed by atoms with Crippen molar-refractivity contribution in [2.75, 3.05) is 18.6 Å². The number of thioether (sulfide) groups is 1. The number of hydrogen-bond acceptors (Lipinski definition) is 2. The maximum atomic E-state index is 12.7. The summed E-state index contributed by atoms with van der Waals surface area (Å²) < 4.78 is 38.1. The fraction of sp³-hybridized carbons (Fsp3) is 0.462. The van der Waals surface area contributed by atoms with Crippen LogP contribution in [0.1, 0.15) is 28.8 Å². The molecule has 20 heavy (non-hydrogen) atoms. The van der Waals surface area contributed by atoms with Crippen molar-refractivity contribution in [1.29, 1.82) is 0 Å². The van der Waals surface area contributed by atoms with E-state index in [1.807, 2.05) is 6.26 Å². The Morgan fingerprint density at radius 3 is 2.65 bits per heavy atom. The third-order valence-electron chi connectivity index (χ3n) is 2.59. The van der Waals surface area contributed by atoms with E-state index < -0.39 is 17.6 Å². The van der Waals surface area contributed by atoms with Crippen LogP contribution in [-0.2, 0) is 6.18 Å². The first-order valence-corrected chi connectivity index (χ1v) is 8.19. The second-order valence-electron chi connectivity index (χ2n) is 4.15. The quantitative estimate of drug-likeness (QED) is 0.755. The van der Waals surface area contributed by atoms with E-state index in [2.05, 4.69) is 21.2 Å². The lowest BCUT2D eigenvalue weighted by Crippen LogP contribution is -2.25. The fourth-order valence-electron chi connectivity index (χ4n) is 1.56. The Balaban J connectivity index is 2.65. The summed E-state index contributed by atoms with van der Waals surface area (Å²) >= 11 is 4.56. The van der Waals surface area contributed by atoms with Crippen LogP contribution in [0.15, 0.2) is 22.7 Å². The van der Waals surface area contributed by atoms with Gasteiger partial charge in [-0.05, 0) is 43.0 Å². The van der Waals surface area contributed by atoms with Gasteiger partial charge in [0.15, 0.2) is 0 Å². The van der Waals surface area contributed by atoms with Gasteiger partial charge in [0.1, 0.15) is 0 Å². The summed E-state index contributed by atoms with van der Waals surface area (Å²) in [7, 11) is 0. The van der Waals surface area contributed by atoms with Crippen molar-refractivity contribution in [2.45, 2.75) is 19.0 Å². The summed E-state index contributed by atoms with van der Waals surface area (Å²) in [5.41, 5.74) is -0.821. The number of halogens is 4. The van der Waals surface area contributed by atoms with Gasteiger partial charge in [-0.1, -0.05) is 15.9 Å². The zero-order valence-corrected chi connectivity index (χ0v) is 13.3. The summed E-state index contributed by atoms with van der Waals surface area (Å²) in [5, 5.41) is 2.63. The van der Waals surface area contributed by atoms with Crippen molar-refractivity contribution in [2.24, 2.45) is 0 Å². The molecule has 0 atom stereocenters. The number of benzene rings is 1. The molecule has 0 heterocycles. The van der Waals surface area contributed by atoms with Crippen LogP contribution in [0.2, 0.25) is 0 Å². The first-order valence-electron chi connectivity index (χ1n) is 6.00. The van der Waals surface area contributed by atoms with Gasteiger partial charge in [-0.25, -0.2) is 0 Å². The van der Waals surface area contributed by atoms with E-state index in [-0.39, 0.29) is 10.0 Å². The third-order valence-corrected chi connectivity index (χ3v) is 3.98. The highest BCUT2D eigenvalue weighted by molar-refractivity contribution is 9.10. The number of alkyl halides is 3. The van der Waals surface area contributed by atoms with Crippen molar-refractivity contribution in [1.82, 2.24) is 5.32 Å². The summed E-state index contributed by atoms with van der Waals surface area (Å²) in [4.78, 5) is 11.8. The molecule has 0 bridgehead atoms. The molecular formula is C13H15BrF3NOS. The lowest BCUT2D eigenvalue weighted by molar-refractivity contribution is -0.138. The molecule has 0 saturated carbocycles. The Bertz CT molecular complexity index is 465. The number of amides is 1. The minimum absolute atomic E-state index is 0.0189. The van der Waals surface area contributed by atoms with E-state index in [1.54, 1.807) is 11.8 Å². The first-order chi connectivity index (χ1) is 9.36. The van der Waals surface area contributed by atoms with Crippen LogP contribution < -0.4 is 5.32 Å². The average molecular weight is 370 g/mol. The molecule has 1 aromatic carbocycles. The van der Waals surface area contributed by atoms with Crippen molar-refractivity contribution in [3.63, 3.8) is 0 Å². The molecule has 0 fully saturated rings. The Hall–Kier alpha value is -0.690. The molecule has 1 N–H and O–H groups in total. The SMILES string of the molecule is CSCCCCNC(=O)c1ccc(Br)c(C(F)(F)F)c1. The normalized spacial score (nSPS) is 11.4. The highest BCUT2D eigenvalue weighted by atomic mass is 79.9. The van der Waals surface area contributed by atoms with Crippen LogP contribution in [0.25, 0.3) is 0 Å². The summed E-state index contributed by atoms with van der Waals surface area (Å²) in [6, 6.07) is 3.48. The zero-order chi connectivity index (χ0) is 15.2. The van der Waals surface area contributed by atoms with Gasteiger partial charge in [0.25, 0.3) is 5.91 Å². The first kappa shape index (κ1) is 17.4. The molecule has 0 unspecified atom stereocenters. The van der Waals surface area contributed by atoms with Crippen LogP contribution in [0, 0.1) is 0 Å². The molecule has 1 amide bonds. The van der Waals surface area contributed by atoms with Gasteiger partial charge in [0.2, 0.25) is 0 Å². The predicted molar refractivity (Wildman–Crippen MR) is 79.1 cm³/mol. The molecule has 112 valence electrons. The minimum atomic E-state index is -4.48. The maximum absolute atomic E-state index is 12.7. The fourth-order valence-corrected chi connectivity index (χ4v) is 2.52. The van der Waals surface area contributed by atoms with Gasteiger partial charge in [-0.3, -0.25) is 4.79 Å². The van der Waals surface area contributed by atoms with Gasteiger partial charge in [-0.2, -0.15) is 24.9 Å².